The molecule has 2 saturated heterocycles. The Morgan fingerprint density at radius 1 is 1.19 bits per heavy atom. The standard InChI is InChI=1S/C18H22F3N3O3/c19-18(20,21)12-3-4-13(14(8-12)23-5-1-2-6-23)17(27)24-9-11(7-16(22)26)15(25)10-24/h3-4,8,11,15,25H,1-2,5-7,9-10H2,(H2,22,26)/t11-,15-/m1/s1. The Kier molecular flexibility index (Phi) is 5.32. The van der Waals surface area contributed by atoms with Gasteiger partial charge in [0, 0.05) is 38.5 Å². The number of benzene rings is 1. The Labute approximate surface area is 154 Å². The second-order valence-electron chi connectivity index (χ2n) is 7.13. The van der Waals surface area contributed by atoms with E-state index < -0.39 is 35.6 Å². The fourth-order valence-electron chi connectivity index (χ4n) is 3.76. The first-order valence-electron chi connectivity index (χ1n) is 8.88. The van der Waals surface area contributed by atoms with Crippen molar-refractivity contribution in [1.82, 2.24) is 4.90 Å². The van der Waals surface area contributed by atoms with Crippen LogP contribution in [0.2, 0.25) is 0 Å². The largest absolute Gasteiger partial charge is 0.416 e. The molecule has 27 heavy (non-hydrogen) atoms. The maximum absolute atomic E-state index is 13.1. The minimum absolute atomic E-state index is 0.0250. The van der Waals surface area contributed by atoms with Crippen LogP contribution in [0.3, 0.4) is 0 Å². The summed E-state index contributed by atoms with van der Waals surface area (Å²) in [6.07, 6.45) is -3.71. The number of carbonyl (C=O) groups excluding carboxylic acids is 2. The van der Waals surface area contributed by atoms with Crippen molar-refractivity contribution in [2.45, 2.75) is 31.5 Å². The normalized spacial score (nSPS) is 23.1. The zero-order valence-corrected chi connectivity index (χ0v) is 14.7. The van der Waals surface area contributed by atoms with Gasteiger partial charge in [-0.3, -0.25) is 9.59 Å². The van der Waals surface area contributed by atoms with E-state index in [9.17, 15) is 27.9 Å². The van der Waals surface area contributed by atoms with Crippen LogP contribution in [0, 0.1) is 5.92 Å². The van der Waals surface area contributed by atoms with Crippen LogP contribution >= 0.6 is 0 Å². The van der Waals surface area contributed by atoms with E-state index >= 15 is 0 Å². The fourth-order valence-corrected chi connectivity index (χ4v) is 3.76. The summed E-state index contributed by atoms with van der Waals surface area (Å²) < 4.78 is 39.4. The van der Waals surface area contributed by atoms with E-state index in [4.69, 9.17) is 5.73 Å². The molecule has 9 heteroatoms. The van der Waals surface area contributed by atoms with Gasteiger partial charge in [0.1, 0.15) is 0 Å². The van der Waals surface area contributed by atoms with Gasteiger partial charge in [0.25, 0.3) is 5.91 Å². The lowest BCUT2D eigenvalue weighted by molar-refractivity contribution is -0.137. The zero-order valence-electron chi connectivity index (χ0n) is 14.7. The second-order valence-corrected chi connectivity index (χ2v) is 7.13. The molecule has 0 radical (unpaired) electrons. The van der Waals surface area contributed by atoms with Crippen LogP contribution in [-0.4, -0.2) is 54.1 Å². The van der Waals surface area contributed by atoms with E-state index in [1.54, 1.807) is 4.90 Å². The number of amides is 2. The van der Waals surface area contributed by atoms with E-state index in [1.807, 2.05) is 0 Å². The number of aliphatic hydroxyl groups excluding tert-OH is 1. The Bertz CT molecular complexity index is 732. The van der Waals surface area contributed by atoms with Crippen LogP contribution in [0.25, 0.3) is 0 Å². The molecule has 148 valence electrons. The molecule has 6 nitrogen and oxygen atoms in total. The van der Waals surface area contributed by atoms with Crippen LogP contribution in [0.15, 0.2) is 18.2 Å². The highest BCUT2D eigenvalue weighted by molar-refractivity contribution is 6.00. The minimum atomic E-state index is -4.49. The highest BCUT2D eigenvalue weighted by Crippen LogP contribution is 2.35. The van der Waals surface area contributed by atoms with Crippen molar-refractivity contribution in [3.8, 4) is 0 Å². The topological polar surface area (TPSA) is 86.9 Å². The third kappa shape index (κ3) is 4.18. The molecule has 0 unspecified atom stereocenters. The average molecular weight is 385 g/mol. The van der Waals surface area contributed by atoms with E-state index in [0.29, 0.717) is 13.1 Å². The number of hydrogen-bond acceptors (Lipinski definition) is 4. The van der Waals surface area contributed by atoms with Crippen LogP contribution in [0.4, 0.5) is 18.9 Å². The number of aliphatic hydroxyl groups is 1. The summed E-state index contributed by atoms with van der Waals surface area (Å²) in [4.78, 5) is 27.2. The molecule has 0 saturated carbocycles. The summed E-state index contributed by atoms with van der Waals surface area (Å²) >= 11 is 0. The van der Waals surface area contributed by atoms with Crippen molar-refractivity contribution in [3.63, 3.8) is 0 Å². The van der Waals surface area contributed by atoms with Crippen molar-refractivity contribution in [3.05, 3.63) is 29.3 Å². The van der Waals surface area contributed by atoms with Crippen LogP contribution in [0.1, 0.15) is 35.2 Å². The number of anilines is 1. The van der Waals surface area contributed by atoms with Gasteiger partial charge in [0.05, 0.1) is 22.9 Å². The first-order chi connectivity index (χ1) is 12.7. The maximum Gasteiger partial charge on any atom is 0.416 e. The van der Waals surface area contributed by atoms with Gasteiger partial charge < -0.3 is 20.6 Å². The van der Waals surface area contributed by atoms with Gasteiger partial charge in [-0.1, -0.05) is 0 Å². The molecule has 0 spiro atoms. The average Bonchev–Trinajstić information content (AvgIpc) is 3.23. The van der Waals surface area contributed by atoms with Gasteiger partial charge in [-0.2, -0.15) is 13.2 Å². The second kappa shape index (κ2) is 7.38. The Hall–Kier alpha value is -2.29. The number of halogens is 3. The Morgan fingerprint density at radius 2 is 1.85 bits per heavy atom. The molecular weight excluding hydrogens is 363 g/mol. The quantitative estimate of drug-likeness (QED) is 0.825. The molecule has 3 rings (SSSR count). The lowest BCUT2D eigenvalue weighted by Gasteiger charge is -2.25. The Balaban J connectivity index is 1.89. The number of primary amides is 1. The van der Waals surface area contributed by atoms with Gasteiger partial charge in [0.2, 0.25) is 5.91 Å². The molecule has 1 aromatic carbocycles. The van der Waals surface area contributed by atoms with Crippen molar-refractivity contribution in [2.75, 3.05) is 31.1 Å². The fraction of sp³-hybridized carbons (Fsp3) is 0.556. The van der Waals surface area contributed by atoms with E-state index in [-0.39, 0.29) is 30.8 Å². The van der Waals surface area contributed by atoms with Crippen molar-refractivity contribution >= 4 is 17.5 Å². The first-order valence-corrected chi connectivity index (χ1v) is 8.88. The third-order valence-electron chi connectivity index (χ3n) is 5.16. The number of likely N-dealkylation sites (tertiary alicyclic amines) is 1. The molecule has 2 atom stereocenters. The van der Waals surface area contributed by atoms with E-state index in [2.05, 4.69) is 0 Å². The summed E-state index contributed by atoms with van der Waals surface area (Å²) in [7, 11) is 0. The number of β-amino-alcohol motifs (C(OH)–C–C–N with tert-alkyl or cyclic N) is 1. The van der Waals surface area contributed by atoms with Gasteiger partial charge in [-0.25, -0.2) is 0 Å². The Morgan fingerprint density at radius 3 is 2.44 bits per heavy atom. The summed E-state index contributed by atoms with van der Waals surface area (Å²) in [5.74, 6) is -1.48. The van der Waals surface area contributed by atoms with Crippen LogP contribution in [-0.2, 0) is 11.0 Å². The number of alkyl halides is 3. The molecular formula is C18H22F3N3O3. The molecule has 2 fully saturated rings. The van der Waals surface area contributed by atoms with Gasteiger partial charge >= 0.3 is 6.18 Å². The summed E-state index contributed by atoms with van der Waals surface area (Å²) in [6.45, 7) is 1.35. The first kappa shape index (κ1) is 19.5. The van der Waals surface area contributed by atoms with Gasteiger partial charge in [-0.05, 0) is 31.0 Å². The predicted octanol–water partition coefficient (Wildman–Crippen LogP) is 1.61. The maximum atomic E-state index is 13.1. The highest BCUT2D eigenvalue weighted by atomic mass is 19.4. The monoisotopic (exact) mass is 385 g/mol. The van der Waals surface area contributed by atoms with Crippen LogP contribution in [0.5, 0.6) is 0 Å². The number of carbonyl (C=O) groups is 2. The SMILES string of the molecule is NC(=O)C[C@@H]1CN(C(=O)c2ccc(C(F)(F)F)cc2N2CCCC2)C[C@H]1O. The summed E-state index contributed by atoms with van der Waals surface area (Å²) in [5, 5.41) is 10.1. The lowest BCUT2D eigenvalue weighted by Crippen LogP contribution is -2.32. The minimum Gasteiger partial charge on any atom is -0.391 e. The van der Waals surface area contributed by atoms with Crippen molar-refractivity contribution in [2.24, 2.45) is 11.7 Å². The third-order valence-corrected chi connectivity index (χ3v) is 5.16. The highest BCUT2D eigenvalue weighted by Gasteiger charge is 2.37. The smallest absolute Gasteiger partial charge is 0.391 e. The summed E-state index contributed by atoms with van der Waals surface area (Å²) in [6, 6.07) is 3.12. The molecule has 0 bridgehead atoms. The predicted molar refractivity (Wildman–Crippen MR) is 92.1 cm³/mol. The van der Waals surface area contributed by atoms with Crippen molar-refractivity contribution in [1.29, 1.82) is 0 Å². The number of hydrogen-bond donors (Lipinski definition) is 2. The number of nitrogens with two attached hydrogens (primary N) is 1. The van der Waals surface area contributed by atoms with Gasteiger partial charge in [-0.15, -0.1) is 0 Å². The molecule has 3 N–H and O–H groups in total. The molecule has 2 amide bonds. The molecule has 0 aromatic heterocycles. The molecule has 2 heterocycles. The van der Waals surface area contributed by atoms with E-state index in [0.717, 1.165) is 25.0 Å². The molecule has 2 aliphatic heterocycles. The number of nitrogens with zero attached hydrogens (tertiary/aromatic N) is 2. The molecule has 1 aromatic rings. The van der Waals surface area contributed by atoms with Crippen molar-refractivity contribution < 1.29 is 27.9 Å². The van der Waals surface area contributed by atoms with Crippen LogP contribution < -0.4 is 10.6 Å². The lowest BCUT2D eigenvalue weighted by atomic mass is 10.0. The zero-order chi connectivity index (χ0) is 19.8. The van der Waals surface area contributed by atoms with E-state index in [1.165, 1.54) is 11.0 Å². The van der Waals surface area contributed by atoms with Gasteiger partial charge in [0.15, 0.2) is 0 Å². The summed E-state index contributed by atoms with van der Waals surface area (Å²) in [5.41, 5.74) is 4.81. The molecule has 2 aliphatic rings. The number of rotatable bonds is 4. The molecule has 0 aliphatic carbocycles.